The maximum atomic E-state index is 6.23. The Morgan fingerprint density at radius 1 is 1.47 bits per heavy atom. The second kappa shape index (κ2) is 6.53. The Morgan fingerprint density at radius 3 is 2.82 bits per heavy atom. The van der Waals surface area contributed by atoms with Crippen LogP contribution in [0.2, 0.25) is 0 Å². The van der Waals surface area contributed by atoms with E-state index in [1.54, 1.807) is 11.3 Å². The number of thiophene rings is 1. The highest BCUT2D eigenvalue weighted by Crippen LogP contribution is 2.24. The number of nitrogens with zero attached hydrogens (tertiary/aromatic N) is 1. The third kappa shape index (κ3) is 3.80. The van der Waals surface area contributed by atoms with Crippen molar-refractivity contribution in [3.8, 4) is 0 Å². The van der Waals surface area contributed by atoms with Crippen LogP contribution in [0.1, 0.15) is 43.5 Å². The molecule has 1 aromatic heterocycles. The van der Waals surface area contributed by atoms with Gasteiger partial charge < -0.3 is 10.6 Å². The molecule has 17 heavy (non-hydrogen) atoms. The molecule has 2 rings (SSSR count). The largest absolute Gasteiger partial charge is 0.322 e. The molecule has 1 aromatic rings. The first-order valence-electron chi connectivity index (χ1n) is 6.81. The molecule has 1 aliphatic heterocycles. The van der Waals surface area contributed by atoms with E-state index in [1.165, 1.54) is 43.6 Å². The summed E-state index contributed by atoms with van der Waals surface area (Å²) in [6, 6.07) is 4.45. The fourth-order valence-electron chi connectivity index (χ4n) is 2.74. The van der Waals surface area contributed by atoms with E-state index in [2.05, 4.69) is 29.3 Å². The summed E-state index contributed by atoms with van der Waals surface area (Å²) >= 11 is 1.78. The zero-order chi connectivity index (χ0) is 12.1. The van der Waals surface area contributed by atoms with Crippen LogP contribution in [0, 0.1) is 5.92 Å². The summed E-state index contributed by atoms with van der Waals surface area (Å²) in [5, 5.41) is 2.11. The number of likely N-dealkylation sites (tertiary alicyclic amines) is 1. The number of hydrogen-bond donors (Lipinski definition) is 1. The van der Waals surface area contributed by atoms with E-state index >= 15 is 0 Å². The lowest BCUT2D eigenvalue weighted by molar-refractivity contribution is 0.171. The monoisotopic (exact) mass is 252 g/mol. The SMILES string of the molecule is CCCC1CCN(CC(N)c2cccs2)CC1. The highest BCUT2D eigenvalue weighted by molar-refractivity contribution is 7.10. The van der Waals surface area contributed by atoms with Gasteiger partial charge in [-0.2, -0.15) is 0 Å². The molecule has 1 saturated heterocycles. The first-order valence-corrected chi connectivity index (χ1v) is 7.69. The quantitative estimate of drug-likeness (QED) is 0.871. The van der Waals surface area contributed by atoms with Crippen LogP contribution >= 0.6 is 11.3 Å². The van der Waals surface area contributed by atoms with Crippen LogP contribution in [0.25, 0.3) is 0 Å². The Kier molecular flexibility index (Phi) is 5.01. The molecule has 2 nitrogen and oxygen atoms in total. The van der Waals surface area contributed by atoms with E-state index in [9.17, 15) is 0 Å². The van der Waals surface area contributed by atoms with Gasteiger partial charge in [-0.05, 0) is 43.3 Å². The van der Waals surface area contributed by atoms with Crippen molar-refractivity contribution in [3.63, 3.8) is 0 Å². The van der Waals surface area contributed by atoms with Crippen molar-refractivity contribution in [2.75, 3.05) is 19.6 Å². The van der Waals surface area contributed by atoms with Crippen LogP contribution in [0.4, 0.5) is 0 Å². The standard InChI is InChI=1S/C14H24N2S/c1-2-4-12-6-8-16(9-7-12)11-13(15)14-5-3-10-17-14/h3,5,10,12-13H,2,4,6-9,11,15H2,1H3. The predicted molar refractivity (Wildman–Crippen MR) is 75.3 cm³/mol. The minimum Gasteiger partial charge on any atom is -0.322 e. The lowest BCUT2D eigenvalue weighted by Crippen LogP contribution is -2.38. The second-order valence-electron chi connectivity index (χ2n) is 5.15. The molecule has 0 aliphatic carbocycles. The maximum absolute atomic E-state index is 6.23. The van der Waals surface area contributed by atoms with Crippen molar-refractivity contribution >= 4 is 11.3 Å². The molecule has 1 unspecified atom stereocenters. The van der Waals surface area contributed by atoms with Gasteiger partial charge in [0.25, 0.3) is 0 Å². The Balaban J connectivity index is 1.74. The van der Waals surface area contributed by atoms with Crippen molar-refractivity contribution in [3.05, 3.63) is 22.4 Å². The lowest BCUT2D eigenvalue weighted by atomic mass is 9.92. The summed E-state index contributed by atoms with van der Waals surface area (Å²) < 4.78 is 0. The molecular formula is C14H24N2S. The molecule has 0 bridgehead atoms. The van der Waals surface area contributed by atoms with E-state index < -0.39 is 0 Å². The summed E-state index contributed by atoms with van der Waals surface area (Å²) in [5.74, 6) is 0.967. The lowest BCUT2D eigenvalue weighted by Gasteiger charge is -2.33. The van der Waals surface area contributed by atoms with E-state index in [1.807, 2.05) is 0 Å². The molecule has 0 amide bonds. The van der Waals surface area contributed by atoms with Gasteiger partial charge in [0.15, 0.2) is 0 Å². The van der Waals surface area contributed by atoms with Gasteiger partial charge in [0.2, 0.25) is 0 Å². The van der Waals surface area contributed by atoms with E-state index in [4.69, 9.17) is 5.73 Å². The highest BCUT2D eigenvalue weighted by atomic mass is 32.1. The number of hydrogen-bond acceptors (Lipinski definition) is 3. The van der Waals surface area contributed by atoms with Crippen molar-refractivity contribution in [1.82, 2.24) is 4.90 Å². The Hall–Kier alpha value is -0.380. The summed E-state index contributed by atoms with van der Waals surface area (Å²) in [4.78, 5) is 3.86. The highest BCUT2D eigenvalue weighted by Gasteiger charge is 2.20. The molecule has 96 valence electrons. The molecule has 2 N–H and O–H groups in total. The van der Waals surface area contributed by atoms with Crippen molar-refractivity contribution in [1.29, 1.82) is 0 Å². The molecule has 0 spiro atoms. The van der Waals surface area contributed by atoms with E-state index in [-0.39, 0.29) is 6.04 Å². The van der Waals surface area contributed by atoms with Crippen LogP contribution in [0.15, 0.2) is 17.5 Å². The third-order valence-corrected chi connectivity index (χ3v) is 4.77. The molecule has 3 heteroatoms. The molecule has 1 fully saturated rings. The third-order valence-electron chi connectivity index (χ3n) is 3.77. The Bertz CT molecular complexity index is 302. The molecule has 0 radical (unpaired) electrons. The van der Waals surface area contributed by atoms with Gasteiger partial charge in [0, 0.05) is 11.4 Å². The fraction of sp³-hybridized carbons (Fsp3) is 0.714. The van der Waals surface area contributed by atoms with Crippen LogP contribution in [0.3, 0.4) is 0 Å². The molecule has 1 aliphatic rings. The van der Waals surface area contributed by atoms with Gasteiger partial charge in [0.05, 0.1) is 6.04 Å². The number of nitrogens with two attached hydrogens (primary N) is 1. The average molecular weight is 252 g/mol. The first kappa shape index (κ1) is 13.1. The van der Waals surface area contributed by atoms with E-state index in [0.29, 0.717) is 0 Å². The predicted octanol–water partition coefficient (Wildman–Crippen LogP) is 3.26. The molecule has 0 saturated carbocycles. The van der Waals surface area contributed by atoms with Crippen LogP contribution in [0.5, 0.6) is 0 Å². The molecule has 0 aromatic carbocycles. The zero-order valence-corrected chi connectivity index (χ0v) is 11.6. The fourth-order valence-corrected chi connectivity index (χ4v) is 3.46. The van der Waals surface area contributed by atoms with Gasteiger partial charge in [-0.25, -0.2) is 0 Å². The number of piperidine rings is 1. The van der Waals surface area contributed by atoms with Gasteiger partial charge >= 0.3 is 0 Å². The summed E-state index contributed by atoms with van der Waals surface area (Å²) in [6.45, 7) is 5.80. The van der Waals surface area contributed by atoms with Gasteiger partial charge in [-0.1, -0.05) is 25.8 Å². The van der Waals surface area contributed by atoms with Crippen LogP contribution < -0.4 is 5.73 Å². The van der Waals surface area contributed by atoms with Crippen molar-refractivity contribution in [2.24, 2.45) is 11.7 Å². The Labute approximate surface area is 109 Å². The molecular weight excluding hydrogens is 228 g/mol. The van der Waals surface area contributed by atoms with Gasteiger partial charge in [0.1, 0.15) is 0 Å². The normalized spacial score (nSPS) is 20.6. The topological polar surface area (TPSA) is 29.3 Å². The van der Waals surface area contributed by atoms with Crippen LogP contribution in [-0.4, -0.2) is 24.5 Å². The summed E-state index contributed by atoms with van der Waals surface area (Å²) in [6.07, 6.45) is 5.47. The minimum absolute atomic E-state index is 0.206. The molecule has 1 atom stereocenters. The van der Waals surface area contributed by atoms with Crippen molar-refractivity contribution in [2.45, 2.75) is 38.6 Å². The van der Waals surface area contributed by atoms with Crippen molar-refractivity contribution < 1.29 is 0 Å². The molecule has 2 heterocycles. The average Bonchev–Trinajstić information content (AvgIpc) is 2.86. The van der Waals surface area contributed by atoms with Gasteiger partial charge in [-0.15, -0.1) is 11.3 Å². The Morgan fingerprint density at radius 2 is 2.24 bits per heavy atom. The summed E-state index contributed by atoms with van der Waals surface area (Å²) in [7, 11) is 0. The first-order chi connectivity index (χ1) is 8.29. The smallest absolute Gasteiger partial charge is 0.0519 e. The number of rotatable bonds is 5. The second-order valence-corrected chi connectivity index (χ2v) is 6.13. The van der Waals surface area contributed by atoms with Gasteiger partial charge in [-0.3, -0.25) is 0 Å². The zero-order valence-electron chi connectivity index (χ0n) is 10.8. The van der Waals surface area contributed by atoms with E-state index in [0.717, 1.165) is 12.5 Å². The van der Waals surface area contributed by atoms with Crippen LogP contribution in [-0.2, 0) is 0 Å². The summed E-state index contributed by atoms with van der Waals surface area (Å²) in [5.41, 5.74) is 6.23. The minimum atomic E-state index is 0.206. The maximum Gasteiger partial charge on any atom is 0.0519 e.